The van der Waals surface area contributed by atoms with Crippen molar-refractivity contribution in [2.24, 2.45) is 0 Å². The van der Waals surface area contributed by atoms with Gasteiger partial charge in [-0.25, -0.2) is 0 Å². The van der Waals surface area contributed by atoms with E-state index in [1.165, 1.54) is 5.56 Å². The van der Waals surface area contributed by atoms with Gasteiger partial charge in [0.2, 0.25) is 0 Å². The van der Waals surface area contributed by atoms with Crippen molar-refractivity contribution in [2.75, 3.05) is 0 Å². The zero-order valence-electron chi connectivity index (χ0n) is 12.8. The number of ether oxygens (including phenoxy) is 1. The molecule has 0 aliphatic carbocycles. The third-order valence-electron chi connectivity index (χ3n) is 3.67. The van der Waals surface area contributed by atoms with Crippen molar-refractivity contribution in [1.82, 2.24) is 4.98 Å². The Morgan fingerprint density at radius 3 is 2.62 bits per heavy atom. The van der Waals surface area contributed by atoms with Gasteiger partial charge in [-0.3, -0.25) is 4.98 Å². The van der Waals surface area contributed by atoms with Crippen molar-refractivity contribution in [1.29, 1.82) is 5.26 Å². The highest BCUT2D eigenvalue weighted by molar-refractivity contribution is 5.68. The molecule has 0 bridgehead atoms. The number of pyridine rings is 1. The maximum Gasteiger partial charge on any atom is 0.141 e. The van der Waals surface area contributed by atoms with Gasteiger partial charge in [-0.2, -0.15) is 5.26 Å². The Labute approximate surface area is 125 Å². The molecule has 3 nitrogen and oxygen atoms in total. The van der Waals surface area contributed by atoms with Crippen molar-refractivity contribution < 1.29 is 4.74 Å². The van der Waals surface area contributed by atoms with Gasteiger partial charge in [0.25, 0.3) is 0 Å². The number of aromatic nitrogens is 1. The van der Waals surface area contributed by atoms with Gasteiger partial charge in [0.15, 0.2) is 0 Å². The largest absolute Gasteiger partial charge is 0.486 e. The first-order chi connectivity index (χ1) is 9.88. The number of benzene rings is 1. The standard InChI is InChI=1S/C18H18N2O/c1-11-5-12(2)20-16(6-11)13-7-14-9-18(3,4)21-17(14)15(8-13)10-19/h5-8H,9H2,1-4H3. The second-order valence-electron chi connectivity index (χ2n) is 6.33. The van der Waals surface area contributed by atoms with Gasteiger partial charge in [-0.1, -0.05) is 0 Å². The number of hydrogen-bond donors (Lipinski definition) is 0. The molecule has 0 saturated carbocycles. The van der Waals surface area contributed by atoms with E-state index in [0.717, 1.165) is 34.7 Å². The van der Waals surface area contributed by atoms with Gasteiger partial charge < -0.3 is 4.74 Å². The van der Waals surface area contributed by atoms with Crippen molar-refractivity contribution in [3.8, 4) is 23.1 Å². The van der Waals surface area contributed by atoms with Crippen molar-refractivity contribution in [2.45, 2.75) is 39.7 Å². The predicted molar refractivity (Wildman–Crippen MR) is 82.3 cm³/mol. The molecular formula is C18H18N2O. The number of rotatable bonds is 1. The fourth-order valence-electron chi connectivity index (χ4n) is 2.93. The molecule has 0 unspecified atom stereocenters. The van der Waals surface area contributed by atoms with E-state index < -0.39 is 0 Å². The maximum absolute atomic E-state index is 9.40. The summed E-state index contributed by atoms with van der Waals surface area (Å²) in [5.41, 5.74) is 5.50. The normalized spacial score (nSPS) is 15.2. The summed E-state index contributed by atoms with van der Waals surface area (Å²) in [6, 6.07) is 10.3. The molecule has 21 heavy (non-hydrogen) atoms. The first kappa shape index (κ1) is 13.6. The van der Waals surface area contributed by atoms with Crippen LogP contribution in [0.2, 0.25) is 0 Å². The summed E-state index contributed by atoms with van der Waals surface area (Å²) in [5.74, 6) is 0.732. The summed E-state index contributed by atoms with van der Waals surface area (Å²) < 4.78 is 5.91. The van der Waals surface area contributed by atoms with E-state index >= 15 is 0 Å². The molecule has 0 radical (unpaired) electrons. The van der Waals surface area contributed by atoms with Crippen LogP contribution in [0.15, 0.2) is 24.3 Å². The molecule has 0 spiro atoms. The SMILES string of the molecule is Cc1cc(C)nc(-c2cc(C#N)c3c(c2)CC(C)(C)O3)c1. The quantitative estimate of drug-likeness (QED) is 0.793. The number of hydrogen-bond acceptors (Lipinski definition) is 3. The van der Waals surface area contributed by atoms with Crippen LogP contribution in [-0.2, 0) is 6.42 Å². The van der Waals surface area contributed by atoms with Crippen molar-refractivity contribution in [3.05, 3.63) is 46.6 Å². The number of nitrogens with zero attached hydrogens (tertiary/aromatic N) is 2. The average molecular weight is 278 g/mol. The molecule has 1 aliphatic heterocycles. The minimum atomic E-state index is -0.248. The lowest BCUT2D eigenvalue weighted by Gasteiger charge is -2.17. The highest BCUT2D eigenvalue weighted by Crippen LogP contribution is 2.40. The van der Waals surface area contributed by atoms with Gasteiger partial charge in [-0.05, 0) is 57.5 Å². The number of aryl methyl sites for hydroxylation is 2. The third-order valence-corrected chi connectivity index (χ3v) is 3.67. The van der Waals surface area contributed by atoms with E-state index in [1.807, 2.05) is 32.9 Å². The zero-order valence-corrected chi connectivity index (χ0v) is 12.8. The third kappa shape index (κ3) is 2.50. The number of nitriles is 1. The summed E-state index contributed by atoms with van der Waals surface area (Å²) in [6.07, 6.45) is 0.815. The first-order valence-corrected chi connectivity index (χ1v) is 7.10. The Hall–Kier alpha value is -2.34. The van der Waals surface area contributed by atoms with Gasteiger partial charge in [-0.15, -0.1) is 0 Å². The summed E-state index contributed by atoms with van der Waals surface area (Å²) >= 11 is 0. The summed E-state index contributed by atoms with van der Waals surface area (Å²) in [6.45, 7) is 8.13. The van der Waals surface area contributed by atoms with Gasteiger partial charge in [0.1, 0.15) is 17.4 Å². The van der Waals surface area contributed by atoms with Crippen LogP contribution in [0, 0.1) is 25.2 Å². The smallest absolute Gasteiger partial charge is 0.141 e. The second kappa shape index (κ2) is 4.60. The van der Waals surface area contributed by atoms with Crippen LogP contribution in [-0.4, -0.2) is 10.6 Å². The maximum atomic E-state index is 9.40. The van der Waals surface area contributed by atoms with Crippen LogP contribution in [0.25, 0.3) is 11.3 Å². The van der Waals surface area contributed by atoms with Gasteiger partial charge in [0, 0.05) is 23.2 Å². The van der Waals surface area contributed by atoms with E-state index in [0.29, 0.717) is 5.56 Å². The molecule has 2 aromatic rings. The number of fused-ring (bicyclic) bond motifs is 1. The molecule has 3 heteroatoms. The lowest BCUT2D eigenvalue weighted by molar-refractivity contribution is 0.138. The van der Waals surface area contributed by atoms with Gasteiger partial charge in [0.05, 0.1) is 11.3 Å². The second-order valence-corrected chi connectivity index (χ2v) is 6.33. The summed E-state index contributed by atoms with van der Waals surface area (Å²) in [4.78, 5) is 4.59. The van der Waals surface area contributed by atoms with Crippen LogP contribution in [0.4, 0.5) is 0 Å². The lowest BCUT2D eigenvalue weighted by atomic mass is 9.97. The fourth-order valence-corrected chi connectivity index (χ4v) is 2.93. The molecule has 0 N–H and O–H groups in total. The molecular weight excluding hydrogens is 260 g/mol. The molecule has 1 aliphatic rings. The highest BCUT2D eigenvalue weighted by atomic mass is 16.5. The van der Waals surface area contributed by atoms with E-state index in [4.69, 9.17) is 4.74 Å². The average Bonchev–Trinajstić information content (AvgIpc) is 2.70. The van der Waals surface area contributed by atoms with E-state index in [-0.39, 0.29) is 5.60 Å². The van der Waals surface area contributed by atoms with Gasteiger partial charge >= 0.3 is 0 Å². The van der Waals surface area contributed by atoms with E-state index in [1.54, 1.807) is 0 Å². The first-order valence-electron chi connectivity index (χ1n) is 7.10. The van der Waals surface area contributed by atoms with Crippen LogP contribution in [0.3, 0.4) is 0 Å². The summed E-state index contributed by atoms with van der Waals surface area (Å²) in [5, 5.41) is 9.40. The van der Waals surface area contributed by atoms with Crippen molar-refractivity contribution >= 4 is 0 Å². The molecule has 0 atom stereocenters. The highest BCUT2D eigenvalue weighted by Gasteiger charge is 2.32. The molecule has 0 amide bonds. The van der Waals surface area contributed by atoms with E-state index in [2.05, 4.69) is 30.1 Å². The molecule has 1 aromatic heterocycles. The Bertz CT molecular complexity index is 749. The minimum absolute atomic E-state index is 0.248. The minimum Gasteiger partial charge on any atom is -0.486 e. The molecule has 0 fully saturated rings. The lowest BCUT2D eigenvalue weighted by Crippen LogP contribution is -2.24. The Morgan fingerprint density at radius 2 is 1.95 bits per heavy atom. The van der Waals surface area contributed by atoms with E-state index in [9.17, 15) is 5.26 Å². The van der Waals surface area contributed by atoms with Crippen LogP contribution >= 0.6 is 0 Å². The molecule has 106 valence electrons. The molecule has 1 aromatic carbocycles. The Kier molecular flexibility index (Phi) is 2.98. The van der Waals surface area contributed by atoms with Crippen LogP contribution in [0.5, 0.6) is 5.75 Å². The molecule has 0 saturated heterocycles. The topological polar surface area (TPSA) is 45.9 Å². The Morgan fingerprint density at radius 1 is 1.19 bits per heavy atom. The monoisotopic (exact) mass is 278 g/mol. The zero-order chi connectivity index (χ0) is 15.2. The fraction of sp³-hybridized carbons (Fsp3) is 0.333. The van der Waals surface area contributed by atoms with Crippen molar-refractivity contribution in [3.63, 3.8) is 0 Å². The Balaban J connectivity index is 2.17. The van der Waals surface area contributed by atoms with Crippen LogP contribution < -0.4 is 4.74 Å². The molecule has 2 heterocycles. The summed E-state index contributed by atoms with van der Waals surface area (Å²) in [7, 11) is 0. The molecule has 3 rings (SSSR count). The van der Waals surface area contributed by atoms with Crippen LogP contribution in [0.1, 0.15) is 36.2 Å². The predicted octanol–water partition coefficient (Wildman–Crippen LogP) is 3.95.